The van der Waals surface area contributed by atoms with Crippen LogP contribution in [0.25, 0.3) is 0 Å². The zero-order valence-corrected chi connectivity index (χ0v) is 22.9. The Balaban J connectivity index is -0.00000000758. The summed E-state index contributed by atoms with van der Waals surface area (Å²) >= 11 is 1.40. The van der Waals surface area contributed by atoms with Gasteiger partial charge >= 0.3 is 46.3 Å². The topological polar surface area (TPSA) is 74.6 Å². The summed E-state index contributed by atoms with van der Waals surface area (Å²) in [6, 6.07) is 0. The fourth-order valence-corrected chi connectivity index (χ4v) is 0. The Labute approximate surface area is 196 Å². The predicted molar refractivity (Wildman–Crippen MR) is 100 cm³/mol. The Hall–Kier alpha value is 2.64. The van der Waals surface area contributed by atoms with Crippen molar-refractivity contribution >= 4 is 74.4 Å². The van der Waals surface area contributed by atoms with Crippen LogP contribution in [0.2, 0.25) is 0 Å². The molecule has 22 heavy (non-hydrogen) atoms. The molecule has 0 aromatic carbocycles. The van der Waals surface area contributed by atoms with Crippen molar-refractivity contribution in [2.45, 2.75) is 66.6 Å². The zero-order valence-electron chi connectivity index (χ0n) is 14.0. The van der Waals surface area contributed by atoms with E-state index in [1.54, 1.807) is 41.5 Å². The number of aliphatic hydroxyl groups is 2. The molecule has 0 radical (unpaired) electrons. The average Bonchev–Trinajstić information content (AvgIpc) is 2.08. The molecule has 4 nitrogen and oxygen atoms in total. The van der Waals surface area contributed by atoms with Gasteiger partial charge in [-0.15, -0.1) is 74.4 Å². The third kappa shape index (κ3) is 1520. The SMILES string of the molecule is CC.CC(C)(C)O.CC(C)(C)O.Cl.Cl.Cl.Cl.Cl.Cl.[O]=[Mo].[O]=[Mo]. The van der Waals surface area contributed by atoms with Crippen molar-refractivity contribution in [2.75, 3.05) is 0 Å². The van der Waals surface area contributed by atoms with Crippen molar-refractivity contribution in [1.29, 1.82) is 0 Å². The molecule has 0 aromatic rings. The Bertz CT molecular complexity index is 101. The quantitative estimate of drug-likeness (QED) is 0.379. The molecule has 0 aliphatic rings. The first-order valence-corrected chi connectivity index (χ1v) is 6.42. The van der Waals surface area contributed by atoms with Crippen LogP contribution in [0.5, 0.6) is 0 Å². The molecule has 0 aromatic heterocycles. The van der Waals surface area contributed by atoms with Gasteiger partial charge in [-0.2, -0.15) is 0 Å². The molecule has 0 bridgehead atoms. The standard InChI is InChI=1S/2C4H10O.C2H6.6ClH.2Mo.2O/c2*1-4(2,3)5;1-2;;;;;;;;;;/h2*5H,1-3H3;1-2H3;6*1H;;;;. The third-order valence-electron chi connectivity index (χ3n) is 0. The summed E-state index contributed by atoms with van der Waals surface area (Å²) in [6.07, 6.45) is 0. The van der Waals surface area contributed by atoms with Crippen LogP contribution in [-0.4, -0.2) is 21.4 Å². The van der Waals surface area contributed by atoms with E-state index < -0.39 is 11.2 Å². The molecule has 0 atom stereocenters. The summed E-state index contributed by atoms with van der Waals surface area (Å²) in [6.45, 7) is 14.5. The van der Waals surface area contributed by atoms with E-state index in [2.05, 4.69) is 0 Å². The summed E-state index contributed by atoms with van der Waals surface area (Å²) < 4.78 is 16.5. The van der Waals surface area contributed by atoms with E-state index in [1.807, 2.05) is 13.8 Å². The van der Waals surface area contributed by atoms with Gasteiger partial charge in [-0.25, -0.2) is 0 Å². The number of hydrogen-bond donors (Lipinski definition) is 2. The van der Waals surface area contributed by atoms with Gasteiger partial charge < -0.3 is 10.2 Å². The molecule has 0 aliphatic heterocycles. The molecule has 0 saturated heterocycles. The normalized spacial score (nSPS) is 6.09. The molecule has 0 rings (SSSR count). The van der Waals surface area contributed by atoms with Crippen molar-refractivity contribution in [3.05, 3.63) is 0 Å². The molecule has 2 N–H and O–H groups in total. The van der Waals surface area contributed by atoms with E-state index in [0.29, 0.717) is 39.6 Å². The summed E-state index contributed by atoms with van der Waals surface area (Å²) in [5, 5.41) is 17.0. The second-order valence-electron chi connectivity index (χ2n) is 4.34. The molecule has 0 spiro atoms. The van der Waals surface area contributed by atoms with Crippen LogP contribution < -0.4 is 0 Å². The van der Waals surface area contributed by atoms with E-state index in [1.165, 1.54) is 0 Å². The second-order valence-corrected chi connectivity index (χ2v) is 4.34. The van der Waals surface area contributed by atoms with Crippen molar-refractivity contribution in [1.82, 2.24) is 0 Å². The number of halogens is 6. The summed E-state index contributed by atoms with van der Waals surface area (Å²) in [5.41, 5.74) is -1.00. The van der Waals surface area contributed by atoms with Crippen LogP contribution in [0.3, 0.4) is 0 Å². The van der Waals surface area contributed by atoms with Gasteiger partial charge in [0, 0.05) is 0 Å². The predicted octanol–water partition coefficient (Wildman–Crippen LogP) is 4.87. The summed E-state index contributed by atoms with van der Waals surface area (Å²) in [4.78, 5) is 0. The van der Waals surface area contributed by atoms with Crippen molar-refractivity contribution in [3.63, 3.8) is 0 Å². The van der Waals surface area contributed by atoms with E-state index >= 15 is 0 Å². The fraction of sp³-hybridized carbons (Fsp3) is 1.00. The molecule has 150 valence electrons. The molecule has 0 fully saturated rings. The van der Waals surface area contributed by atoms with Gasteiger partial charge in [-0.1, -0.05) is 13.8 Å². The van der Waals surface area contributed by atoms with Crippen molar-refractivity contribution in [3.8, 4) is 0 Å². The Morgan fingerprint density at radius 2 is 0.500 bits per heavy atom. The molecule has 0 unspecified atom stereocenters. The van der Waals surface area contributed by atoms with Gasteiger partial charge in [-0.3, -0.25) is 0 Å². The third-order valence-corrected chi connectivity index (χ3v) is 0. The fourth-order valence-electron chi connectivity index (χ4n) is 0. The van der Waals surface area contributed by atoms with Crippen molar-refractivity contribution in [2.24, 2.45) is 0 Å². The van der Waals surface area contributed by atoms with Crippen LogP contribution in [0, 0.1) is 0 Å². The maximum atomic E-state index is 8.52. The van der Waals surface area contributed by atoms with Crippen LogP contribution in [0.1, 0.15) is 55.4 Å². The van der Waals surface area contributed by atoms with E-state index in [9.17, 15) is 0 Å². The Kier molecular flexibility index (Phi) is 190. The maximum absolute atomic E-state index is 8.52. The first kappa shape index (κ1) is 74.0. The second kappa shape index (κ2) is 56.5. The molecule has 0 aliphatic carbocycles. The van der Waals surface area contributed by atoms with Crippen molar-refractivity contribution < 1.29 is 56.6 Å². The first-order valence-electron chi connectivity index (χ1n) is 4.78. The number of hydrogen-bond acceptors (Lipinski definition) is 4. The first-order chi connectivity index (χ1) is 7.00. The molecule has 0 amide bonds. The van der Waals surface area contributed by atoms with E-state index in [0.717, 1.165) is 0 Å². The molecular formula is C10H32Cl6Mo2O4. The van der Waals surface area contributed by atoms with E-state index in [4.69, 9.17) is 17.0 Å². The van der Waals surface area contributed by atoms with E-state index in [-0.39, 0.29) is 74.4 Å². The monoisotopic (exact) mass is 622 g/mol. The van der Waals surface area contributed by atoms with Gasteiger partial charge in [0.2, 0.25) is 0 Å². The zero-order chi connectivity index (χ0) is 15.0. The minimum atomic E-state index is -0.500. The summed E-state index contributed by atoms with van der Waals surface area (Å²) in [5.74, 6) is 0. The van der Waals surface area contributed by atoms with Crippen LogP contribution in [0.4, 0.5) is 0 Å². The van der Waals surface area contributed by atoms with Gasteiger partial charge in [0.05, 0.1) is 11.2 Å². The molecule has 0 saturated carbocycles. The number of rotatable bonds is 0. The average molecular weight is 621 g/mol. The Morgan fingerprint density at radius 3 is 0.500 bits per heavy atom. The van der Waals surface area contributed by atoms with Gasteiger partial charge in [0.25, 0.3) is 0 Å². The Morgan fingerprint density at radius 1 is 0.500 bits per heavy atom. The van der Waals surface area contributed by atoms with Gasteiger partial charge in [-0.05, 0) is 41.5 Å². The van der Waals surface area contributed by atoms with Crippen LogP contribution in [-0.2, 0) is 46.3 Å². The van der Waals surface area contributed by atoms with Gasteiger partial charge in [0.15, 0.2) is 0 Å². The molecule has 12 heteroatoms. The minimum absolute atomic E-state index is 0. The summed E-state index contributed by atoms with van der Waals surface area (Å²) in [7, 11) is 0. The van der Waals surface area contributed by atoms with Gasteiger partial charge in [0.1, 0.15) is 0 Å². The molecular weight excluding hydrogens is 589 g/mol. The van der Waals surface area contributed by atoms with Crippen LogP contribution in [0.15, 0.2) is 0 Å². The van der Waals surface area contributed by atoms with Crippen LogP contribution >= 0.6 is 74.4 Å². The molecule has 0 heterocycles.